The third-order valence-corrected chi connectivity index (χ3v) is 8.62. The van der Waals surface area contributed by atoms with E-state index >= 15 is 0 Å². The van der Waals surface area contributed by atoms with Crippen LogP contribution in [0.4, 0.5) is 17.6 Å². The molecule has 2 aliphatic rings. The van der Waals surface area contributed by atoms with Gasteiger partial charge in [0.15, 0.2) is 23.3 Å². The van der Waals surface area contributed by atoms with Crippen molar-refractivity contribution < 1.29 is 36.6 Å². The third kappa shape index (κ3) is 10.2. The third-order valence-electron chi connectivity index (χ3n) is 8.43. The second-order valence-electron chi connectivity index (χ2n) is 11.6. The van der Waals surface area contributed by atoms with E-state index in [0.29, 0.717) is 42.1 Å². The summed E-state index contributed by atoms with van der Waals surface area (Å²) in [5.74, 6) is -3.62. The highest BCUT2D eigenvalue weighted by Crippen LogP contribution is 2.46. The van der Waals surface area contributed by atoms with Gasteiger partial charge in [0, 0.05) is 42.2 Å². The molecular weight excluding hydrogens is 701 g/mol. The number of nitrogens with zero attached hydrogens (tertiary/aromatic N) is 4. The Bertz CT molecular complexity index is 1740. The summed E-state index contributed by atoms with van der Waals surface area (Å²) in [5, 5.41) is 0.114. The number of rotatable bonds is 8. The monoisotopic (exact) mass is 737 g/mol. The summed E-state index contributed by atoms with van der Waals surface area (Å²) >= 11 is 5.42. The predicted molar refractivity (Wildman–Crippen MR) is 180 cm³/mol. The van der Waals surface area contributed by atoms with Crippen LogP contribution >= 0.6 is 24.0 Å². The number of hydrogen-bond donors (Lipinski definition) is 1. The van der Waals surface area contributed by atoms with Gasteiger partial charge >= 0.3 is 11.9 Å². The molecule has 6 rings (SSSR count). The van der Waals surface area contributed by atoms with Crippen molar-refractivity contribution >= 4 is 35.9 Å². The Morgan fingerprint density at radius 2 is 1.16 bits per heavy atom. The minimum Gasteiger partial charge on any atom is -0.462 e. The molecular formula is C35H37Cl2F4N5O4. The van der Waals surface area contributed by atoms with Crippen molar-refractivity contribution in [1.29, 1.82) is 0 Å². The number of nitrogens with two attached hydrogens (primary N) is 1. The van der Waals surface area contributed by atoms with Crippen molar-refractivity contribution in [2.75, 3.05) is 13.2 Å². The van der Waals surface area contributed by atoms with E-state index in [-0.39, 0.29) is 23.1 Å². The van der Waals surface area contributed by atoms with Crippen molar-refractivity contribution in [2.24, 2.45) is 5.73 Å². The van der Waals surface area contributed by atoms with E-state index in [1.807, 2.05) is 0 Å². The molecule has 0 amide bonds. The molecule has 0 aliphatic heterocycles. The van der Waals surface area contributed by atoms with Gasteiger partial charge in [-0.05, 0) is 92.9 Å². The van der Waals surface area contributed by atoms with Gasteiger partial charge in [0.1, 0.15) is 5.82 Å². The summed E-state index contributed by atoms with van der Waals surface area (Å²) in [6.07, 6.45) is 11.6. The van der Waals surface area contributed by atoms with Crippen LogP contribution in [0.5, 0.6) is 0 Å². The Labute approximate surface area is 298 Å². The molecule has 0 radical (unpaired) electrons. The van der Waals surface area contributed by atoms with Crippen LogP contribution < -0.4 is 5.73 Å². The highest BCUT2D eigenvalue weighted by atomic mass is 35.5. The number of ether oxygens (including phenoxy) is 2. The summed E-state index contributed by atoms with van der Waals surface area (Å²) in [4.78, 5) is 38.4. The number of benzene rings is 2. The molecule has 0 atom stereocenters. The van der Waals surface area contributed by atoms with Crippen molar-refractivity contribution in [2.45, 2.75) is 69.7 Å². The minimum atomic E-state index is -0.844. The van der Waals surface area contributed by atoms with E-state index in [2.05, 4.69) is 19.9 Å². The number of halogens is 6. The fourth-order valence-electron chi connectivity index (χ4n) is 5.35. The molecule has 2 aliphatic carbocycles. The Morgan fingerprint density at radius 1 is 0.720 bits per heavy atom. The number of carbonyl (C=O) groups is 2. The largest absolute Gasteiger partial charge is 0.462 e. The summed E-state index contributed by atoms with van der Waals surface area (Å²) in [6, 6.07) is 7.96. The van der Waals surface area contributed by atoms with E-state index in [1.54, 1.807) is 26.0 Å². The van der Waals surface area contributed by atoms with Crippen LogP contribution in [0, 0.1) is 23.3 Å². The lowest BCUT2D eigenvalue weighted by Crippen LogP contribution is -2.43. The molecule has 268 valence electrons. The van der Waals surface area contributed by atoms with Gasteiger partial charge < -0.3 is 15.2 Å². The van der Waals surface area contributed by atoms with Gasteiger partial charge in [0.05, 0.1) is 24.3 Å². The highest BCUT2D eigenvalue weighted by molar-refractivity contribution is 6.28. The Balaban J connectivity index is 0.000000220. The molecule has 2 N–H and O–H groups in total. The first-order chi connectivity index (χ1) is 23.4. The summed E-state index contributed by atoms with van der Waals surface area (Å²) < 4.78 is 61.8. The first-order valence-corrected chi connectivity index (χ1v) is 16.1. The molecule has 0 spiro atoms. The van der Waals surface area contributed by atoms with Crippen molar-refractivity contribution in [3.8, 4) is 0 Å². The molecule has 0 unspecified atom stereocenters. The average Bonchev–Trinajstić information content (AvgIpc) is 3.06. The minimum absolute atomic E-state index is 0. The van der Waals surface area contributed by atoms with Gasteiger partial charge in [-0.1, -0.05) is 18.6 Å². The normalized spacial score (nSPS) is 14.9. The molecule has 0 bridgehead atoms. The standard InChI is InChI=1S/C18H18F2N2O2.C10H11F2N.C7H7ClN2O2.ClH/c1-2-24-17(23)12-10-21-16(22-11-12)9-18(6-3-7-18)13-4-5-14(19)15(20)8-13;11-8-3-2-7(6-9(8)12)10(13)4-1-5-10;1-2-12-6(11)5-3-9-7(8)10-4-5;/h4-5,8,10-11H,2-3,6-7,9H2,1H3;2-3,6H,1,4-5,13H2;3-4H,2H2,1H3;1H. The Hall–Kier alpha value is -4.20. The van der Waals surface area contributed by atoms with Crippen molar-refractivity contribution in [3.63, 3.8) is 0 Å². The molecule has 15 heteroatoms. The molecule has 0 saturated heterocycles. The summed E-state index contributed by atoms with van der Waals surface area (Å²) in [7, 11) is 0. The van der Waals surface area contributed by atoms with E-state index in [4.69, 9.17) is 26.8 Å². The quantitative estimate of drug-likeness (QED) is 0.110. The van der Waals surface area contributed by atoms with Gasteiger partial charge in [-0.25, -0.2) is 47.1 Å². The van der Waals surface area contributed by atoms with Crippen LogP contribution in [0.3, 0.4) is 0 Å². The zero-order valence-corrected chi connectivity index (χ0v) is 29.0. The van der Waals surface area contributed by atoms with Crippen molar-refractivity contribution in [1.82, 2.24) is 19.9 Å². The van der Waals surface area contributed by atoms with Gasteiger partial charge in [-0.3, -0.25) is 0 Å². The second-order valence-corrected chi connectivity index (χ2v) is 12.0. The van der Waals surface area contributed by atoms with Gasteiger partial charge in [-0.15, -0.1) is 12.4 Å². The fraction of sp³-hybridized carbons (Fsp3) is 0.371. The maximum Gasteiger partial charge on any atom is 0.341 e. The van der Waals surface area contributed by atoms with Gasteiger partial charge in [0.2, 0.25) is 5.28 Å². The molecule has 2 fully saturated rings. The average molecular weight is 739 g/mol. The molecule has 2 saturated carbocycles. The SMILES string of the molecule is CCOC(=O)c1cnc(CC2(c3ccc(F)c(F)c3)CCC2)nc1.CCOC(=O)c1cnc(Cl)nc1.Cl.NC1(c2ccc(F)c(F)c2)CCC1. The zero-order chi connectivity index (χ0) is 35.6. The molecule has 4 aromatic rings. The first-order valence-electron chi connectivity index (χ1n) is 15.7. The van der Waals surface area contributed by atoms with Crippen LogP contribution in [-0.4, -0.2) is 45.1 Å². The van der Waals surface area contributed by atoms with Crippen LogP contribution in [-0.2, 0) is 26.8 Å². The van der Waals surface area contributed by atoms with Crippen LogP contribution in [0.15, 0.2) is 61.2 Å². The van der Waals surface area contributed by atoms with Gasteiger partial charge in [0.25, 0.3) is 0 Å². The van der Waals surface area contributed by atoms with Crippen molar-refractivity contribution in [3.05, 3.63) is 118 Å². The number of aromatic nitrogens is 4. The lowest BCUT2D eigenvalue weighted by molar-refractivity contribution is 0.0515. The van der Waals surface area contributed by atoms with E-state index in [0.717, 1.165) is 56.2 Å². The summed E-state index contributed by atoms with van der Waals surface area (Å²) in [6.45, 7) is 4.09. The lowest BCUT2D eigenvalue weighted by atomic mass is 9.62. The van der Waals surface area contributed by atoms with Crippen LogP contribution in [0.1, 0.15) is 90.0 Å². The van der Waals surface area contributed by atoms with Crippen LogP contribution in [0.2, 0.25) is 5.28 Å². The number of esters is 2. The predicted octanol–water partition coefficient (Wildman–Crippen LogP) is 7.63. The molecule has 50 heavy (non-hydrogen) atoms. The molecule has 2 aromatic carbocycles. The fourth-order valence-corrected chi connectivity index (χ4v) is 5.45. The van der Waals surface area contributed by atoms with Crippen LogP contribution in [0.25, 0.3) is 0 Å². The van der Waals surface area contributed by atoms with E-state index in [1.165, 1.54) is 36.9 Å². The topological polar surface area (TPSA) is 130 Å². The number of hydrogen-bond acceptors (Lipinski definition) is 9. The Morgan fingerprint density at radius 3 is 1.56 bits per heavy atom. The molecule has 2 heterocycles. The second kappa shape index (κ2) is 18.2. The lowest BCUT2D eigenvalue weighted by Gasteiger charge is -2.42. The highest BCUT2D eigenvalue weighted by Gasteiger charge is 2.40. The number of carbonyl (C=O) groups excluding carboxylic acids is 2. The maximum atomic E-state index is 13.6. The summed E-state index contributed by atoms with van der Waals surface area (Å²) in [5.41, 5.74) is 7.37. The maximum absolute atomic E-state index is 13.6. The first kappa shape index (κ1) is 40.2. The Kier molecular flexibility index (Phi) is 14.6. The van der Waals surface area contributed by atoms with Gasteiger partial charge in [-0.2, -0.15) is 0 Å². The van der Waals surface area contributed by atoms with E-state index in [9.17, 15) is 27.2 Å². The zero-order valence-electron chi connectivity index (χ0n) is 27.4. The van der Waals surface area contributed by atoms with E-state index < -0.39 is 40.7 Å². The molecule has 2 aromatic heterocycles. The smallest absolute Gasteiger partial charge is 0.341 e. The molecule has 9 nitrogen and oxygen atoms in total.